The lowest BCUT2D eigenvalue weighted by Gasteiger charge is -2.29. The quantitative estimate of drug-likeness (QED) is 0.222. The first-order valence-electron chi connectivity index (χ1n) is 15.1. The summed E-state index contributed by atoms with van der Waals surface area (Å²) in [4.78, 5) is 43.9. The Hall–Kier alpha value is -5.29. The molecule has 2 aromatic heterocycles. The number of amides is 2. The van der Waals surface area contributed by atoms with Gasteiger partial charge in [0.05, 0.1) is 6.10 Å². The van der Waals surface area contributed by atoms with Crippen LogP contribution in [0.25, 0.3) is 17.2 Å². The van der Waals surface area contributed by atoms with E-state index in [4.69, 9.17) is 9.97 Å². The molecule has 3 heterocycles. The van der Waals surface area contributed by atoms with E-state index in [1.165, 1.54) is 0 Å². The highest BCUT2D eigenvalue weighted by molar-refractivity contribution is 6.05. The van der Waals surface area contributed by atoms with Crippen LogP contribution in [0.3, 0.4) is 0 Å². The lowest BCUT2D eigenvalue weighted by Crippen LogP contribution is -2.40. The van der Waals surface area contributed by atoms with Gasteiger partial charge in [-0.05, 0) is 86.8 Å². The number of hydrogen-bond acceptors (Lipinski definition) is 8. The summed E-state index contributed by atoms with van der Waals surface area (Å²) in [6, 6.07) is 20.4. The van der Waals surface area contributed by atoms with E-state index < -0.39 is 0 Å². The van der Waals surface area contributed by atoms with E-state index in [9.17, 15) is 14.7 Å². The molecule has 3 N–H and O–H groups in total. The molecule has 0 radical (unpaired) electrons. The van der Waals surface area contributed by atoms with Crippen molar-refractivity contribution in [1.82, 2.24) is 24.3 Å². The molecule has 0 saturated carbocycles. The van der Waals surface area contributed by atoms with E-state index in [0.29, 0.717) is 60.3 Å². The van der Waals surface area contributed by atoms with Gasteiger partial charge >= 0.3 is 0 Å². The van der Waals surface area contributed by atoms with Crippen LogP contribution in [0.4, 0.5) is 23.0 Å². The molecule has 0 spiro atoms. The van der Waals surface area contributed by atoms with E-state index in [1.807, 2.05) is 68.6 Å². The summed E-state index contributed by atoms with van der Waals surface area (Å²) in [5.74, 6) is 1.18. The van der Waals surface area contributed by atoms with Gasteiger partial charge in [-0.25, -0.2) is 4.98 Å². The minimum Gasteiger partial charge on any atom is -0.393 e. The second-order valence-corrected chi connectivity index (χ2v) is 11.2. The molecule has 11 nitrogen and oxygen atoms in total. The first kappa shape index (κ1) is 29.8. The molecule has 1 saturated heterocycles. The van der Waals surface area contributed by atoms with Crippen LogP contribution in [0.15, 0.2) is 79.1 Å². The standard InChI is InChI=1S/C34H36N8O3/c1-4-40(3)26-14-10-23(11-15-26)31(44)37-29-7-5-6-28(22(29)2)30-38-33-35-18-21-42(33)34(39-30)36-25-12-8-24(9-13-25)32(45)41-19-16-27(43)17-20-41/h5-15,18,21,27,43H,4,16-17,19-20H2,1-3H3,(H,37,44)(H,35,36,38,39). The van der Waals surface area contributed by atoms with E-state index in [2.05, 4.69) is 27.4 Å². The number of anilines is 4. The number of nitrogens with zero attached hydrogens (tertiary/aromatic N) is 6. The van der Waals surface area contributed by atoms with Crippen molar-refractivity contribution in [2.75, 3.05) is 42.2 Å². The Labute approximate surface area is 261 Å². The molecule has 0 aliphatic carbocycles. The van der Waals surface area contributed by atoms with Gasteiger partial charge in [0.15, 0.2) is 5.82 Å². The number of fused-ring (bicyclic) bond motifs is 1. The molecule has 3 aromatic carbocycles. The van der Waals surface area contributed by atoms with Crippen LogP contribution in [-0.4, -0.2) is 74.0 Å². The molecule has 0 atom stereocenters. The van der Waals surface area contributed by atoms with Crippen molar-refractivity contribution in [3.05, 3.63) is 95.8 Å². The zero-order valence-electron chi connectivity index (χ0n) is 25.6. The highest BCUT2D eigenvalue weighted by atomic mass is 16.3. The van der Waals surface area contributed by atoms with Gasteiger partial charge in [-0.3, -0.25) is 14.0 Å². The first-order valence-corrected chi connectivity index (χ1v) is 15.1. The molecule has 2 amide bonds. The fourth-order valence-electron chi connectivity index (χ4n) is 5.36. The molecule has 1 fully saturated rings. The van der Waals surface area contributed by atoms with Gasteiger partial charge in [0.1, 0.15) is 0 Å². The zero-order chi connectivity index (χ0) is 31.5. The number of rotatable bonds is 8. The summed E-state index contributed by atoms with van der Waals surface area (Å²) < 4.78 is 1.75. The molecular weight excluding hydrogens is 568 g/mol. The Bertz CT molecular complexity index is 1830. The Kier molecular flexibility index (Phi) is 8.43. The molecule has 0 unspecified atom stereocenters. The number of nitrogens with one attached hydrogen (secondary N) is 2. The summed E-state index contributed by atoms with van der Waals surface area (Å²) in [7, 11) is 2.01. The number of piperidine rings is 1. The summed E-state index contributed by atoms with van der Waals surface area (Å²) in [6.07, 6.45) is 4.30. The minimum atomic E-state index is -0.334. The van der Waals surface area contributed by atoms with Crippen molar-refractivity contribution in [3.63, 3.8) is 0 Å². The monoisotopic (exact) mass is 604 g/mol. The number of benzene rings is 3. The first-order chi connectivity index (χ1) is 21.8. The van der Waals surface area contributed by atoms with Gasteiger partial charge in [0.25, 0.3) is 11.8 Å². The molecule has 1 aliphatic rings. The average Bonchev–Trinajstić information content (AvgIpc) is 3.55. The van der Waals surface area contributed by atoms with Crippen LogP contribution in [-0.2, 0) is 0 Å². The number of carbonyl (C=O) groups is 2. The van der Waals surface area contributed by atoms with E-state index in [1.54, 1.807) is 33.8 Å². The Balaban J connectivity index is 1.22. The molecule has 45 heavy (non-hydrogen) atoms. The number of carbonyl (C=O) groups excluding carboxylic acids is 2. The van der Waals surface area contributed by atoms with Crippen LogP contribution in [0, 0.1) is 6.92 Å². The van der Waals surface area contributed by atoms with Crippen molar-refractivity contribution in [2.24, 2.45) is 0 Å². The normalized spacial score (nSPS) is 13.6. The average molecular weight is 605 g/mol. The summed E-state index contributed by atoms with van der Waals surface area (Å²) >= 11 is 0. The summed E-state index contributed by atoms with van der Waals surface area (Å²) in [5, 5.41) is 16.1. The van der Waals surface area contributed by atoms with Gasteiger partial charge < -0.3 is 25.5 Å². The fourth-order valence-corrected chi connectivity index (χ4v) is 5.36. The largest absolute Gasteiger partial charge is 0.393 e. The second kappa shape index (κ2) is 12.7. The lowest BCUT2D eigenvalue weighted by molar-refractivity contribution is 0.0546. The summed E-state index contributed by atoms with van der Waals surface area (Å²) in [6.45, 7) is 5.98. The van der Waals surface area contributed by atoms with Crippen molar-refractivity contribution in [1.29, 1.82) is 0 Å². The van der Waals surface area contributed by atoms with Gasteiger partial charge in [0.2, 0.25) is 11.7 Å². The van der Waals surface area contributed by atoms with Crippen LogP contribution >= 0.6 is 0 Å². The minimum absolute atomic E-state index is 0.0432. The van der Waals surface area contributed by atoms with Crippen molar-refractivity contribution >= 4 is 40.6 Å². The van der Waals surface area contributed by atoms with Crippen molar-refractivity contribution < 1.29 is 14.7 Å². The Morgan fingerprint density at radius 2 is 1.69 bits per heavy atom. The predicted molar refractivity (Wildman–Crippen MR) is 175 cm³/mol. The summed E-state index contributed by atoms with van der Waals surface area (Å²) in [5.41, 5.74) is 5.19. The molecule has 11 heteroatoms. The van der Waals surface area contributed by atoms with Crippen molar-refractivity contribution in [2.45, 2.75) is 32.8 Å². The van der Waals surface area contributed by atoms with E-state index in [0.717, 1.165) is 29.0 Å². The number of imidazole rings is 1. The lowest BCUT2D eigenvalue weighted by atomic mass is 10.1. The second-order valence-electron chi connectivity index (χ2n) is 11.2. The van der Waals surface area contributed by atoms with Gasteiger partial charge in [-0.15, -0.1) is 0 Å². The Morgan fingerprint density at radius 1 is 0.978 bits per heavy atom. The third-order valence-corrected chi connectivity index (χ3v) is 8.27. The van der Waals surface area contributed by atoms with Gasteiger partial charge in [-0.2, -0.15) is 9.97 Å². The maximum absolute atomic E-state index is 13.1. The Morgan fingerprint density at radius 3 is 2.40 bits per heavy atom. The number of hydrogen-bond donors (Lipinski definition) is 3. The molecule has 1 aliphatic heterocycles. The van der Waals surface area contributed by atoms with Crippen LogP contribution in [0.5, 0.6) is 0 Å². The molecule has 0 bridgehead atoms. The molecule has 5 aromatic rings. The molecule has 6 rings (SSSR count). The number of likely N-dealkylation sites (tertiary alicyclic amines) is 1. The van der Waals surface area contributed by atoms with Gasteiger partial charge in [-0.1, -0.05) is 12.1 Å². The number of aliphatic hydroxyl groups is 1. The number of aromatic nitrogens is 4. The third-order valence-electron chi connectivity index (χ3n) is 8.27. The maximum Gasteiger partial charge on any atom is 0.255 e. The highest BCUT2D eigenvalue weighted by Crippen LogP contribution is 2.29. The van der Waals surface area contributed by atoms with Crippen LogP contribution < -0.4 is 15.5 Å². The predicted octanol–water partition coefficient (Wildman–Crippen LogP) is 5.15. The SMILES string of the molecule is CCN(C)c1ccc(C(=O)Nc2cccc(-c3nc(Nc4ccc(C(=O)N5CCC(O)CC5)cc4)n4ccnc4n3)c2C)cc1. The van der Waals surface area contributed by atoms with Crippen LogP contribution in [0.2, 0.25) is 0 Å². The van der Waals surface area contributed by atoms with E-state index >= 15 is 0 Å². The zero-order valence-corrected chi connectivity index (χ0v) is 25.6. The van der Waals surface area contributed by atoms with Crippen LogP contribution in [0.1, 0.15) is 46.0 Å². The number of aliphatic hydroxyl groups excluding tert-OH is 1. The molecular formula is C34H36N8O3. The topological polar surface area (TPSA) is 128 Å². The fraction of sp³-hybridized carbons (Fsp3) is 0.265. The maximum atomic E-state index is 13.1. The van der Waals surface area contributed by atoms with E-state index in [-0.39, 0.29) is 17.9 Å². The van der Waals surface area contributed by atoms with Gasteiger partial charge in [0, 0.05) is 72.8 Å². The third kappa shape index (κ3) is 6.34. The highest BCUT2D eigenvalue weighted by Gasteiger charge is 2.22. The molecule has 230 valence electrons. The smallest absolute Gasteiger partial charge is 0.255 e. The van der Waals surface area contributed by atoms with Crippen molar-refractivity contribution in [3.8, 4) is 11.4 Å².